The van der Waals surface area contributed by atoms with Crippen LogP contribution in [0.3, 0.4) is 0 Å². The number of allylic oxidation sites excluding steroid dienone is 1. The Kier molecular flexibility index (Phi) is 4.93. The van der Waals surface area contributed by atoms with Gasteiger partial charge < -0.3 is 10.1 Å². The Bertz CT molecular complexity index is 445. The molecule has 0 aromatic heterocycles. The molecule has 1 heterocycles. The summed E-state index contributed by atoms with van der Waals surface area (Å²) in [7, 11) is 1.94. The number of benzene rings is 1. The molecule has 1 aliphatic heterocycles. The third-order valence-corrected chi connectivity index (χ3v) is 3.68. The molecule has 1 aromatic rings. The summed E-state index contributed by atoms with van der Waals surface area (Å²) in [4.78, 5) is 0. The molecule has 1 N–H and O–H groups in total. The van der Waals surface area contributed by atoms with E-state index in [1.54, 1.807) is 6.07 Å². The molecule has 1 atom stereocenters. The first-order chi connectivity index (χ1) is 8.70. The van der Waals surface area contributed by atoms with Gasteiger partial charge in [-0.05, 0) is 50.1 Å². The van der Waals surface area contributed by atoms with Gasteiger partial charge in [-0.25, -0.2) is 0 Å². The molecule has 4 heteroatoms. The van der Waals surface area contributed by atoms with Gasteiger partial charge in [0.15, 0.2) is 0 Å². The van der Waals surface area contributed by atoms with Crippen LogP contribution in [0.4, 0.5) is 0 Å². The minimum absolute atomic E-state index is 0.170. The van der Waals surface area contributed by atoms with Crippen molar-refractivity contribution < 1.29 is 4.74 Å². The van der Waals surface area contributed by atoms with E-state index < -0.39 is 0 Å². The normalized spacial score (nSPS) is 16.9. The molecule has 0 radical (unpaired) electrons. The van der Waals surface area contributed by atoms with Crippen LogP contribution in [0.25, 0.3) is 0 Å². The highest BCUT2D eigenvalue weighted by Gasteiger charge is 2.17. The lowest BCUT2D eigenvalue weighted by Crippen LogP contribution is -2.32. The average molecular weight is 286 g/mol. The van der Waals surface area contributed by atoms with Crippen molar-refractivity contribution in [3.63, 3.8) is 0 Å². The van der Waals surface area contributed by atoms with Crippen molar-refractivity contribution in [1.82, 2.24) is 5.32 Å². The molecule has 1 aromatic carbocycles. The second-order valence-corrected chi connectivity index (χ2v) is 5.22. The highest BCUT2D eigenvalue weighted by Crippen LogP contribution is 2.24. The number of likely N-dealkylation sites (N-methyl/N-ethyl adjacent to an activating group) is 1. The zero-order chi connectivity index (χ0) is 13.0. The summed E-state index contributed by atoms with van der Waals surface area (Å²) in [5, 5.41) is 4.65. The molecular formula is C14H17Cl2NO. The Morgan fingerprint density at radius 1 is 1.39 bits per heavy atom. The molecule has 18 heavy (non-hydrogen) atoms. The van der Waals surface area contributed by atoms with Crippen LogP contribution in [0.2, 0.25) is 10.0 Å². The van der Waals surface area contributed by atoms with Crippen molar-refractivity contribution in [2.75, 3.05) is 13.7 Å². The molecule has 2 rings (SSSR count). The molecule has 1 aliphatic rings. The average Bonchev–Trinajstić information content (AvgIpc) is 2.39. The van der Waals surface area contributed by atoms with Gasteiger partial charge >= 0.3 is 0 Å². The van der Waals surface area contributed by atoms with Crippen LogP contribution in [0, 0.1) is 0 Å². The fourth-order valence-corrected chi connectivity index (χ4v) is 2.56. The summed E-state index contributed by atoms with van der Waals surface area (Å²) in [6.07, 6.45) is 5.15. The van der Waals surface area contributed by atoms with E-state index in [0.29, 0.717) is 10.0 Å². The zero-order valence-electron chi connectivity index (χ0n) is 10.4. The van der Waals surface area contributed by atoms with Crippen molar-refractivity contribution in [3.8, 4) is 0 Å². The second kappa shape index (κ2) is 6.46. The molecule has 0 spiro atoms. The van der Waals surface area contributed by atoms with Gasteiger partial charge in [-0.2, -0.15) is 0 Å². The number of hydrogen-bond acceptors (Lipinski definition) is 2. The van der Waals surface area contributed by atoms with Gasteiger partial charge in [0.25, 0.3) is 0 Å². The number of rotatable bonds is 4. The predicted molar refractivity (Wildman–Crippen MR) is 76.3 cm³/mol. The summed E-state index contributed by atoms with van der Waals surface area (Å²) < 4.78 is 5.70. The third kappa shape index (κ3) is 3.41. The summed E-state index contributed by atoms with van der Waals surface area (Å²) in [6, 6.07) is 5.79. The predicted octanol–water partition coefficient (Wildman–Crippen LogP) is 3.82. The van der Waals surface area contributed by atoms with Crippen LogP contribution in [0.1, 0.15) is 18.4 Å². The quantitative estimate of drug-likeness (QED) is 0.908. The van der Waals surface area contributed by atoms with Crippen molar-refractivity contribution in [3.05, 3.63) is 45.6 Å². The number of ether oxygens (including phenoxy) is 1. The van der Waals surface area contributed by atoms with Crippen molar-refractivity contribution in [1.29, 1.82) is 0 Å². The fraction of sp³-hybridized carbons (Fsp3) is 0.429. The summed E-state index contributed by atoms with van der Waals surface area (Å²) in [5.41, 5.74) is 1.08. The van der Waals surface area contributed by atoms with Gasteiger partial charge in [0.1, 0.15) is 5.76 Å². The van der Waals surface area contributed by atoms with Gasteiger partial charge in [0.05, 0.1) is 12.6 Å². The first-order valence-electron chi connectivity index (χ1n) is 6.14. The lowest BCUT2D eigenvalue weighted by molar-refractivity contribution is 0.169. The first-order valence-corrected chi connectivity index (χ1v) is 6.90. The molecule has 0 saturated carbocycles. The van der Waals surface area contributed by atoms with Gasteiger partial charge in [-0.3, -0.25) is 0 Å². The lowest BCUT2D eigenvalue weighted by Gasteiger charge is -2.23. The monoisotopic (exact) mass is 285 g/mol. The van der Waals surface area contributed by atoms with Gasteiger partial charge in [0, 0.05) is 10.0 Å². The SMILES string of the molecule is CNC(Cc1ccc(Cl)cc1Cl)C1=CCCCO1. The summed E-state index contributed by atoms with van der Waals surface area (Å²) >= 11 is 12.1. The Morgan fingerprint density at radius 2 is 2.22 bits per heavy atom. The maximum Gasteiger partial charge on any atom is 0.109 e. The highest BCUT2D eigenvalue weighted by atomic mass is 35.5. The van der Waals surface area contributed by atoms with Gasteiger partial charge in [-0.1, -0.05) is 29.3 Å². The van der Waals surface area contributed by atoms with E-state index in [1.807, 2.05) is 19.2 Å². The van der Waals surface area contributed by atoms with E-state index in [9.17, 15) is 0 Å². The maximum absolute atomic E-state index is 6.20. The number of nitrogens with one attached hydrogen (secondary N) is 1. The van der Waals surface area contributed by atoms with Crippen LogP contribution in [-0.2, 0) is 11.2 Å². The fourth-order valence-electron chi connectivity index (χ4n) is 2.07. The van der Waals surface area contributed by atoms with E-state index in [1.165, 1.54) is 0 Å². The first kappa shape index (κ1) is 13.7. The lowest BCUT2D eigenvalue weighted by atomic mass is 10.0. The van der Waals surface area contributed by atoms with Gasteiger partial charge in [-0.15, -0.1) is 0 Å². The molecule has 0 fully saturated rings. The molecule has 0 amide bonds. The minimum atomic E-state index is 0.170. The Balaban J connectivity index is 2.12. The molecule has 98 valence electrons. The zero-order valence-corrected chi connectivity index (χ0v) is 11.9. The summed E-state index contributed by atoms with van der Waals surface area (Å²) in [5.74, 6) is 1.02. The van der Waals surface area contributed by atoms with E-state index in [2.05, 4.69) is 11.4 Å². The van der Waals surface area contributed by atoms with Crippen molar-refractivity contribution in [2.45, 2.75) is 25.3 Å². The molecular weight excluding hydrogens is 269 g/mol. The Hall–Kier alpha value is -0.700. The molecule has 0 aliphatic carbocycles. The summed E-state index contributed by atoms with van der Waals surface area (Å²) in [6.45, 7) is 0.804. The Labute approximate surface area is 118 Å². The standard InChI is InChI=1S/C14H17Cl2NO/c1-17-13(14-4-2-3-7-18-14)8-10-5-6-11(15)9-12(10)16/h4-6,9,13,17H,2-3,7-8H2,1H3. The highest BCUT2D eigenvalue weighted by molar-refractivity contribution is 6.35. The van der Waals surface area contributed by atoms with E-state index >= 15 is 0 Å². The second-order valence-electron chi connectivity index (χ2n) is 4.38. The van der Waals surface area contributed by atoms with Crippen molar-refractivity contribution in [2.24, 2.45) is 0 Å². The van der Waals surface area contributed by atoms with Crippen LogP contribution < -0.4 is 5.32 Å². The van der Waals surface area contributed by atoms with Crippen molar-refractivity contribution >= 4 is 23.2 Å². The van der Waals surface area contributed by atoms with Crippen LogP contribution >= 0.6 is 23.2 Å². The van der Waals surface area contributed by atoms with Crippen LogP contribution in [0.15, 0.2) is 30.0 Å². The third-order valence-electron chi connectivity index (χ3n) is 3.09. The van der Waals surface area contributed by atoms with Gasteiger partial charge in [0.2, 0.25) is 0 Å². The molecule has 1 unspecified atom stereocenters. The topological polar surface area (TPSA) is 21.3 Å². The largest absolute Gasteiger partial charge is 0.497 e. The Morgan fingerprint density at radius 3 is 2.83 bits per heavy atom. The smallest absolute Gasteiger partial charge is 0.109 e. The number of halogens is 2. The van der Waals surface area contributed by atoms with Crippen LogP contribution in [0.5, 0.6) is 0 Å². The van der Waals surface area contributed by atoms with E-state index in [4.69, 9.17) is 27.9 Å². The molecule has 2 nitrogen and oxygen atoms in total. The molecule has 0 saturated heterocycles. The number of hydrogen-bond donors (Lipinski definition) is 1. The minimum Gasteiger partial charge on any atom is -0.497 e. The van der Waals surface area contributed by atoms with E-state index in [0.717, 1.165) is 37.2 Å². The maximum atomic E-state index is 6.20. The molecule has 0 bridgehead atoms. The van der Waals surface area contributed by atoms with Crippen LogP contribution in [-0.4, -0.2) is 19.7 Å². The van der Waals surface area contributed by atoms with E-state index in [-0.39, 0.29) is 6.04 Å².